The van der Waals surface area contributed by atoms with E-state index >= 15 is 0 Å². The molecule has 3 aromatic rings. The predicted molar refractivity (Wildman–Crippen MR) is 99.7 cm³/mol. The molecule has 6 heteroatoms. The number of benzene rings is 2. The van der Waals surface area contributed by atoms with Crippen LogP contribution in [0.5, 0.6) is 5.75 Å². The molecule has 0 fully saturated rings. The van der Waals surface area contributed by atoms with Crippen molar-refractivity contribution in [3.8, 4) is 5.75 Å². The zero-order valence-electron chi connectivity index (χ0n) is 14.2. The number of carbonyl (C=O) groups is 2. The molecule has 0 aliphatic rings. The van der Waals surface area contributed by atoms with Gasteiger partial charge in [-0.05, 0) is 35.4 Å². The number of ketones is 1. The van der Waals surface area contributed by atoms with Gasteiger partial charge in [0, 0.05) is 12.3 Å². The molecule has 1 amide bonds. The fourth-order valence-electron chi connectivity index (χ4n) is 2.50. The third kappa shape index (κ3) is 3.69. The second-order valence-electron chi connectivity index (χ2n) is 5.78. The molecule has 0 unspecified atom stereocenters. The maximum Gasteiger partial charge on any atom is 0.233 e. The molecule has 0 spiro atoms. The van der Waals surface area contributed by atoms with Crippen LogP contribution in [0, 0.1) is 0 Å². The summed E-state index contributed by atoms with van der Waals surface area (Å²) in [5.41, 5.74) is 1.28. The number of anilines is 1. The summed E-state index contributed by atoms with van der Waals surface area (Å²) in [6, 6.07) is 11.8. The number of aromatic nitrogens is 1. The molecule has 0 bridgehead atoms. The van der Waals surface area contributed by atoms with E-state index in [0.717, 1.165) is 22.1 Å². The highest BCUT2D eigenvalue weighted by atomic mass is 32.1. The topological polar surface area (TPSA) is 68.3 Å². The van der Waals surface area contributed by atoms with Crippen LogP contribution in [-0.4, -0.2) is 23.8 Å². The Kier molecular flexibility index (Phi) is 4.81. The van der Waals surface area contributed by atoms with Crippen molar-refractivity contribution in [2.75, 3.05) is 12.4 Å². The first-order chi connectivity index (χ1) is 12.0. The summed E-state index contributed by atoms with van der Waals surface area (Å²) in [4.78, 5) is 27.9. The molecular weight excluding hydrogens is 336 g/mol. The summed E-state index contributed by atoms with van der Waals surface area (Å²) >= 11 is 1.25. The van der Waals surface area contributed by atoms with Crippen LogP contribution < -0.4 is 10.1 Å². The van der Waals surface area contributed by atoms with Gasteiger partial charge >= 0.3 is 0 Å². The lowest BCUT2D eigenvalue weighted by atomic mass is 9.97. The van der Waals surface area contributed by atoms with Crippen LogP contribution in [0.3, 0.4) is 0 Å². The Morgan fingerprint density at radius 2 is 1.88 bits per heavy atom. The first kappa shape index (κ1) is 17.1. The maximum absolute atomic E-state index is 12.5. The summed E-state index contributed by atoms with van der Waals surface area (Å²) in [6.45, 7) is 3.30. The van der Waals surface area contributed by atoms with Crippen molar-refractivity contribution in [1.29, 1.82) is 0 Å². The van der Waals surface area contributed by atoms with Gasteiger partial charge in [-0.2, -0.15) is 0 Å². The number of hydrogen-bond acceptors (Lipinski definition) is 5. The lowest BCUT2D eigenvalue weighted by Crippen LogP contribution is -2.18. The summed E-state index contributed by atoms with van der Waals surface area (Å²) in [5, 5.41) is 6.96. The van der Waals surface area contributed by atoms with E-state index in [9.17, 15) is 9.59 Å². The second kappa shape index (κ2) is 7.03. The van der Waals surface area contributed by atoms with Crippen LogP contribution in [0.4, 0.5) is 5.13 Å². The van der Waals surface area contributed by atoms with Crippen molar-refractivity contribution in [1.82, 2.24) is 4.98 Å². The lowest BCUT2D eigenvalue weighted by Gasteiger charge is -2.12. The molecule has 1 atom stereocenters. The average Bonchev–Trinajstić information content (AvgIpc) is 3.08. The Hall–Kier alpha value is -2.73. The molecule has 1 heterocycles. The summed E-state index contributed by atoms with van der Waals surface area (Å²) < 4.78 is 5.23. The van der Waals surface area contributed by atoms with E-state index in [1.807, 2.05) is 43.3 Å². The minimum Gasteiger partial charge on any atom is -0.497 e. The molecule has 3 rings (SSSR count). The Labute approximate surface area is 149 Å². The van der Waals surface area contributed by atoms with Crippen LogP contribution in [-0.2, 0) is 4.79 Å². The van der Waals surface area contributed by atoms with Crippen molar-refractivity contribution in [2.24, 2.45) is 0 Å². The fraction of sp³-hybridized carbons (Fsp3) is 0.211. The monoisotopic (exact) mass is 354 g/mol. The van der Waals surface area contributed by atoms with Gasteiger partial charge in [0.25, 0.3) is 0 Å². The molecule has 0 aliphatic heterocycles. The number of Topliss-reactive ketones (excluding diaryl/α,β-unsaturated/α-hetero) is 1. The number of amides is 1. The van der Waals surface area contributed by atoms with E-state index in [-0.39, 0.29) is 17.6 Å². The van der Waals surface area contributed by atoms with Crippen molar-refractivity contribution in [2.45, 2.75) is 19.8 Å². The van der Waals surface area contributed by atoms with Crippen LogP contribution in [0.2, 0.25) is 0 Å². The third-order valence-electron chi connectivity index (χ3n) is 4.06. The van der Waals surface area contributed by atoms with Crippen LogP contribution in [0.15, 0.2) is 41.8 Å². The molecule has 5 nitrogen and oxygen atoms in total. The van der Waals surface area contributed by atoms with Gasteiger partial charge in [0.2, 0.25) is 5.91 Å². The predicted octanol–water partition coefficient (Wildman–Crippen LogP) is 4.25. The number of ether oxygens (including phenoxy) is 1. The van der Waals surface area contributed by atoms with E-state index in [0.29, 0.717) is 10.8 Å². The molecule has 0 aliphatic carbocycles. The van der Waals surface area contributed by atoms with Gasteiger partial charge in [-0.25, -0.2) is 4.98 Å². The van der Waals surface area contributed by atoms with E-state index in [1.54, 1.807) is 12.5 Å². The Morgan fingerprint density at radius 1 is 1.16 bits per heavy atom. The fourth-order valence-corrected chi connectivity index (χ4v) is 3.25. The van der Waals surface area contributed by atoms with Crippen molar-refractivity contribution < 1.29 is 14.3 Å². The number of rotatable bonds is 5. The van der Waals surface area contributed by atoms with Gasteiger partial charge in [0.1, 0.15) is 11.4 Å². The second-order valence-corrected chi connectivity index (χ2v) is 6.64. The van der Waals surface area contributed by atoms with Gasteiger partial charge in [0.05, 0.1) is 13.0 Å². The molecule has 0 radical (unpaired) electrons. The molecule has 128 valence electrons. The Bertz CT molecular complexity index is 949. The van der Waals surface area contributed by atoms with Gasteiger partial charge in [-0.1, -0.05) is 24.3 Å². The standard InChI is InChI=1S/C19H18N2O3S/c1-11(18(23)21-19-20-17(10-25-19)12(2)22)13-4-5-15-9-16(24-3)7-6-14(15)8-13/h4-11H,1-3H3,(H,20,21,23)/t11-/m0/s1. The number of nitrogens with one attached hydrogen (secondary N) is 1. The summed E-state index contributed by atoms with van der Waals surface area (Å²) in [7, 11) is 1.64. The number of carbonyl (C=O) groups excluding carboxylic acids is 2. The lowest BCUT2D eigenvalue weighted by molar-refractivity contribution is -0.117. The van der Waals surface area contributed by atoms with Crippen molar-refractivity contribution in [3.05, 3.63) is 53.0 Å². The van der Waals surface area contributed by atoms with Crippen molar-refractivity contribution >= 4 is 38.9 Å². The Balaban J connectivity index is 1.79. The molecule has 2 aromatic carbocycles. The van der Waals surface area contributed by atoms with Gasteiger partial charge in [-0.3, -0.25) is 9.59 Å². The third-order valence-corrected chi connectivity index (χ3v) is 4.82. The number of fused-ring (bicyclic) bond motifs is 1. The SMILES string of the molecule is COc1ccc2cc([C@H](C)C(=O)Nc3nc(C(C)=O)cs3)ccc2c1. The quantitative estimate of drug-likeness (QED) is 0.696. The number of nitrogens with zero attached hydrogens (tertiary/aromatic N) is 1. The van der Waals surface area contributed by atoms with Gasteiger partial charge < -0.3 is 10.1 Å². The molecule has 25 heavy (non-hydrogen) atoms. The highest BCUT2D eigenvalue weighted by Crippen LogP contribution is 2.26. The van der Waals surface area contributed by atoms with E-state index in [4.69, 9.17) is 4.74 Å². The first-order valence-electron chi connectivity index (χ1n) is 7.83. The first-order valence-corrected chi connectivity index (χ1v) is 8.71. The molecule has 1 N–H and O–H groups in total. The highest BCUT2D eigenvalue weighted by Gasteiger charge is 2.17. The minimum atomic E-state index is -0.337. The normalized spacial score (nSPS) is 12.0. The minimum absolute atomic E-state index is 0.116. The van der Waals surface area contributed by atoms with Crippen LogP contribution >= 0.6 is 11.3 Å². The van der Waals surface area contributed by atoms with E-state index in [2.05, 4.69) is 10.3 Å². The number of methoxy groups -OCH3 is 1. The number of thiazole rings is 1. The highest BCUT2D eigenvalue weighted by molar-refractivity contribution is 7.14. The van der Waals surface area contributed by atoms with Crippen LogP contribution in [0.1, 0.15) is 35.8 Å². The molecule has 0 saturated heterocycles. The summed E-state index contributed by atoms with van der Waals surface area (Å²) in [6.07, 6.45) is 0. The largest absolute Gasteiger partial charge is 0.497 e. The number of hydrogen-bond donors (Lipinski definition) is 1. The molecule has 1 aromatic heterocycles. The van der Waals surface area contributed by atoms with Gasteiger partial charge in [0.15, 0.2) is 10.9 Å². The van der Waals surface area contributed by atoms with Crippen LogP contribution in [0.25, 0.3) is 10.8 Å². The maximum atomic E-state index is 12.5. The van der Waals surface area contributed by atoms with Gasteiger partial charge in [-0.15, -0.1) is 11.3 Å². The Morgan fingerprint density at radius 3 is 2.56 bits per heavy atom. The van der Waals surface area contributed by atoms with Crippen molar-refractivity contribution in [3.63, 3.8) is 0 Å². The summed E-state index contributed by atoms with van der Waals surface area (Å²) in [5.74, 6) is 0.194. The zero-order chi connectivity index (χ0) is 18.0. The smallest absolute Gasteiger partial charge is 0.233 e. The zero-order valence-corrected chi connectivity index (χ0v) is 15.0. The molecule has 0 saturated carbocycles. The van der Waals surface area contributed by atoms with E-state index in [1.165, 1.54) is 18.3 Å². The molecular formula is C19H18N2O3S. The van der Waals surface area contributed by atoms with E-state index < -0.39 is 0 Å². The average molecular weight is 354 g/mol.